The molecule has 4 rings (SSSR count). The number of carbonyl (C=O) groups excluding carboxylic acids is 2. The van der Waals surface area contributed by atoms with E-state index in [0.29, 0.717) is 32.3 Å². The van der Waals surface area contributed by atoms with Gasteiger partial charge in [0.1, 0.15) is 0 Å². The van der Waals surface area contributed by atoms with Crippen LogP contribution in [0.5, 0.6) is 0 Å². The Kier molecular flexibility index (Phi) is 6.82. The van der Waals surface area contributed by atoms with Crippen molar-refractivity contribution in [2.75, 3.05) is 10.2 Å². The van der Waals surface area contributed by atoms with Crippen LogP contribution in [0.4, 0.5) is 19.0 Å². The fourth-order valence-corrected chi connectivity index (χ4v) is 5.64. The van der Waals surface area contributed by atoms with Gasteiger partial charge in [0, 0.05) is 23.4 Å². The number of nitrogens with zero attached hydrogens (tertiary/aromatic N) is 4. The first-order valence-electron chi connectivity index (χ1n) is 9.89. The summed E-state index contributed by atoms with van der Waals surface area (Å²) in [6, 6.07) is 3.73. The summed E-state index contributed by atoms with van der Waals surface area (Å²) in [5.41, 5.74) is 0.866. The van der Waals surface area contributed by atoms with Crippen molar-refractivity contribution in [2.45, 2.75) is 48.7 Å². The van der Waals surface area contributed by atoms with Gasteiger partial charge in [0.15, 0.2) is 21.1 Å². The Balaban J connectivity index is 1.38. The van der Waals surface area contributed by atoms with Crippen LogP contribution in [-0.2, 0) is 9.59 Å². The maximum atomic E-state index is 13.5. The highest BCUT2D eigenvalue weighted by Crippen LogP contribution is 2.37. The SMILES string of the molecule is CCC(=O)N(c1nnc(S[C@H](C)C(=O)Nc2nc(-c3ccc(F)c(F)c3)cs2)s1)C1CC1. The van der Waals surface area contributed by atoms with Crippen LogP contribution in [-0.4, -0.2) is 38.3 Å². The van der Waals surface area contributed by atoms with Crippen LogP contribution >= 0.6 is 34.4 Å². The van der Waals surface area contributed by atoms with Gasteiger partial charge in [-0.15, -0.1) is 21.5 Å². The van der Waals surface area contributed by atoms with E-state index in [9.17, 15) is 18.4 Å². The predicted molar refractivity (Wildman–Crippen MR) is 122 cm³/mol. The van der Waals surface area contributed by atoms with E-state index in [2.05, 4.69) is 20.5 Å². The third kappa shape index (κ3) is 5.13. The first kappa shape index (κ1) is 22.7. The maximum absolute atomic E-state index is 13.5. The molecule has 1 aliphatic rings. The van der Waals surface area contributed by atoms with Gasteiger partial charge in [-0.05, 0) is 38.0 Å². The van der Waals surface area contributed by atoms with E-state index < -0.39 is 16.9 Å². The molecule has 1 fully saturated rings. The van der Waals surface area contributed by atoms with Gasteiger partial charge >= 0.3 is 0 Å². The molecule has 1 N–H and O–H groups in total. The van der Waals surface area contributed by atoms with Crippen molar-refractivity contribution in [3.8, 4) is 11.3 Å². The molecule has 32 heavy (non-hydrogen) atoms. The van der Waals surface area contributed by atoms with E-state index in [4.69, 9.17) is 0 Å². The molecule has 2 aromatic heterocycles. The lowest BCUT2D eigenvalue weighted by Crippen LogP contribution is -2.32. The molecular weight excluding hydrogens is 476 g/mol. The second-order valence-corrected chi connectivity index (χ2v) is 10.5. The standard InChI is InChI=1S/C20H19F2N5O2S3/c1-3-16(28)27(12-5-6-12)19-25-26-20(32-19)31-10(2)17(29)24-18-23-15(9-30-18)11-4-7-13(21)14(22)8-11/h4,7-10,12H,3,5-6H2,1-2H3,(H,23,24,29)/t10-/m1/s1. The average molecular weight is 496 g/mol. The summed E-state index contributed by atoms with van der Waals surface area (Å²) in [7, 11) is 0. The van der Waals surface area contributed by atoms with Crippen LogP contribution < -0.4 is 10.2 Å². The first-order chi connectivity index (χ1) is 15.4. The van der Waals surface area contributed by atoms with Gasteiger partial charge < -0.3 is 5.32 Å². The van der Waals surface area contributed by atoms with E-state index >= 15 is 0 Å². The van der Waals surface area contributed by atoms with Gasteiger partial charge in [0.25, 0.3) is 0 Å². The maximum Gasteiger partial charge on any atom is 0.239 e. The Morgan fingerprint density at radius 2 is 2.06 bits per heavy atom. The molecule has 0 bridgehead atoms. The number of thioether (sulfide) groups is 1. The molecule has 0 unspecified atom stereocenters. The molecule has 2 heterocycles. The van der Waals surface area contributed by atoms with Crippen molar-refractivity contribution in [1.29, 1.82) is 0 Å². The van der Waals surface area contributed by atoms with Gasteiger partial charge in [0.2, 0.25) is 16.9 Å². The molecule has 0 aliphatic heterocycles. The molecule has 168 valence electrons. The van der Waals surface area contributed by atoms with Gasteiger partial charge in [-0.2, -0.15) is 0 Å². The van der Waals surface area contributed by atoms with Crippen molar-refractivity contribution in [2.24, 2.45) is 0 Å². The summed E-state index contributed by atoms with van der Waals surface area (Å²) in [4.78, 5) is 30.8. The topological polar surface area (TPSA) is 88.1 Å². The highest BCUT2D eigenvalue weighted by molar-refractivity contribution is 8.02. The van der Waals surface area contributed by atoms with Gasteiger partial charge in [0.05, 0.1) is 10.9 Å². The smallest absolute Gasteiger partial charge is 0.239 e. The molecule has 3 aromatic rings. The lowest BCUT2D eigenvalue weighted by Gasteiger charge is -2.17. The fraction of sp³-hybridized carbons (Fsp3) is 0.350. The number of rotatable bonds is 8. The van der Waals surface area contributed by atoms with Gasteiger partial charge in [-0.25, -0.2) is 13.8 Å². The van der Waals surface area contributed by atoms with E-state index in [-0.39, 0.29) is 17.9 Å². The number of thiazole rings is 1. The average Bonchev–Trinajstić information content (AvgIpc) is 3.31. The van der Waals surface area contributed by atoms with Crippen LogP contribution in [0.3, 0.4) is 0 Å². The van der Waals surface area contributed by atoms with E-state index in [1.807, 2.05) is 6.92 Å². The van der Waals surface area contributed by atoms with E-state index in [1.54, 1.807) is 17.2 Å². The third-order valence-corrected chi connectivity index (χ3v) is 7.55. The number of anilines is 2. The number of aromatic nitrogens is 3. The number of benzene rings is 1. The van der Waals surface area contributed by atoms with Crippen LogP contribution in [0, 0.1) is 11.6 Å². The number of halogens is 2. The normalized spacial score (nSPS) is 14.2. The van der Waals surface area contributed by atoms with Crippen LogP contribution in [0.1, 0.15) is 33.1 Å². The first-order valence-corrected chi connectivity index (χ1v) is 12.5. The summed E-state index contributed by atoms with van der Waals surface area (Å²) < 4.78 is 27.2. The Hall–Kier alpha value is -2.44. The lowest BCUT2D eigenvalue weighted by atomic mass is 10.2. The summed E-state index contributed by atoms with van der Waals surface area (Å²) in [5.74, 6) is -2.14. The number of hydrogen-bond donors (Lipinski definition) is 1. The van der Waals surface area contributed by atoms with Gasteiger partial charge in [-0.1, -0.05) is 30.0 Å². The summed E-state index contributed by atoms with van der Waals surface area (Å²) >= 11 is 3.74. The zero-order chi connectivity index (χ0) is 22.8. The Bertz CT molecular complexity index is 1150. The quantitative estimate of drug-likeness (QED) is 0.351. The van der Waals surface area contributed by atoms with Crippen molar-refractivity contribution >= 4 is 56.5 Å². The predicted octanol–water partition coefficient (Wildman–Crippen LogP) is 4.96. The molecular formula is C20H19F2N5O2S3. The molecule has 12 heteroatoms. The number of carbonyl (C=O) groups is 2. The number of nitrogens with one attached hydrogen (secondary N) is 1. The third-order valence-electron chi connectivity index (χ3n) is 4.68. The minimum atomic E-state index is -0.955. The highest BCUT2D eigenvalue weighted by atomic mass is 32.2. The van der Waals surface area contributed by atoms with Crippen LogP contribution in [0.2, 0.25) is 0 Å². The number of amides is 2. The minimum absolute atomic E-state index is 0.0200. The molecule has 1 aromatic carbocycles. The second kappa shape index (κ2) is 9.59. The molecule has 0 spiro atoms. The lowest BCUT2D eigenvalue weighted by molar-refractivity contribution is -0.118. The molecule has 1 aliphatic carbocycles. The molecule has 0 saturated heterocycles. The molecule has 2 amide bonds. The summed E-state index contributed by atoms with van der Waals surface area (Å²) in [6.07, 6.45) is 2.33. The fourth-order valence-electron chi connectivity index (χ4n) is 2.85. The Morgan fingerprint density at radius 1 is 1.28 bits per heavy atom. The van der Waals surface area contributed by atoms with E-state index in [1.165, 1.54) is 40.5 Å². The monoisotopic (exact) mass is 495 g/mol. The van der Waals surface area contributed by atoms with Crippen molar-refractivity contribution in [3.05, 3.63) is 35.2 Å². The second-order valence-electron chi connectivity index (χ2n) is 7.12. The van der Waals surface area contributed by atoms with Crippen molar-refractivity contribution < 1.29 is 18.4 Å². The van der Waals surface area contributed by atoms with Crippen LogP contribution in [0.15, 0.2) is 27.9 Å². The van der Waals surface area contributed by atoms with Crippen LogP contribution in [0.25, 0.3) is 11.3 Å². The Morgan fingerprint density at radius 3 is 2.75 bits per heavy atom. The minimum Gasteiger partial charge on any atom is -0.301 e. The van der Waals surface area contributed by atoms with Gasteiger partial charge in [-0.3, -0.25) is 14.5 Å². The largest absolute Gasteiger partial charge is 0.301 e. The summed E-state index contributed by atoms with van der Waals surface area (Å²) in [6.45, 7) is 3.55. The summed E-state index contributed by atoms with van der Waals surface area (Å²) in [5, 5.41) is 13.1. The molecule has 0 radical (unpaired) electrons. The van der Waals surface area contributed by atoms with Crippen molar-refractivity contribution in [3.63, 3.8) is 0 Å². The Labute approximate surface area is 195 Å². The zero-order valence-electron chi connectivity index (χ0n) is 17.2. The molecule has 1 atom stereocenters. The zero-order valence-corrected chi connectivity index (χ0v) is 19.6. The molecule has 1 saturated carbocycles. The number of hydrogen-bond acceptors (Lipinski definition) is 8. The highest BCUT2D eigenvalue weighted by Gasteiger charge is 2.35. The van der Waals surface area contributed by atoms with Crippen molar-refractivity contribution in [1.82, 2.24) is 15.2 Å². The van der Waals surface area contributed by atoms with E-state index in [0.717, 1.165) is 25.0 Å². The molecule has 7 nitrogen and oxygen atoms in total.